The molecule has 2 aliphatic rings. The minimum absolute atomic E-state index is 0.0564. The van der Waals surface area contributed by atoms with E-state index in [1.54, 1.807) is 36.4 Å². The second-order valence-electron chi connectivity index (χ2n) is 7.96. The SMILES string of the molecule is O=C1CCCC2=C1C(c1c(Cl)cccc1Cl)Nc1ccc(C(=O)c3ccccc3)cc1N2. The molecule has 0 amide bonds. The summed E-state index contributed by atoms with van der Waals surface area (Å²) in [6, 6.07) is 19.5. The molecule has 1 heterocycles. The Morgan fingerprint density at radius 3 is 2.34 bits per heavy atom. The molecule has 2 N–H and O–H groups in total. The molecule has 0 radical (unpaired) electrons. The van der Waals surface area contributed by atoms with Crippen LogP contribution in [0.25, 0.3) is 0 Å². The Morgan fingerprint density at radius 1 is 0.844 bits per heavy atom. The Labute approximate surface area is 196 Å². The van der Waals surface area contributed by atoms with Gasteiger partial charge in [-0.15, -0.1) is 0 Å². The number of hydrogen-bond acceptors (Lipinski definition) is 4. The van der Waals surface area contributed by atoms with Crippen molar-refractivity contribution in [1.29, 1.82) is 0 Å². The minimum Gasteiger partial charge on any atom is -0.372 e. The fourth-order valence-electron chi connectivity index (χ4n) is 4.39. The zero-order valence-corrected chi connectivity index (χ0v) is 18.6. The molecule has 160 valence electrons. The number of hydrogen-bond donors (Lipinski definition) is 2. The molecule has 0 spiro atoms. The van der Waals surface area contributed by atoms with Crippen LogP contribution in [0.15, 0.2) is 78.0 Å². The van der Waals surface area contributed by atoms with E-state index in [1.165, 1.54) is 0 Å². The number of benzene rings is 3. The highest BCUT2D eigenvalue weighted by Gasteiger charge is 2.34. The molecule has 1 unspecified atom stereocenters. The van der Waals surface area contributed by atoms with E-state index < -0.39 is 6.04 Å². The first kappa shape index (κ1) is 20.8. The maximum atomic E-state index is 13.0. The molecule has 1 aliphatic heterocycles. The van der Waals surface area contributed by atoms with Gasteiger partial charge in [-0.05, 0) is 43.2 Å². The van der Waals surface area contributed by atoms with Gasteiger partial charge in [0.15, 0.2) is 11.6 Å². The van der Waals surface area contributed by atoms with E-state index in [1.807, 2.05) is 30.3 Å². The lowest BCUT2D eigenvalue weighted by Crippen LogP contribution is -2.24. The lowest BCUT2D eigenvalue weighted by atomic mass is 9.86. The zero-order valence-electron chi connectivity index (χ0n) is 17.1. The van der Waals surface area contributed by atoms with E-state index in [0.717, 1.165) is 29.9 Å². The number of carbonyl (C=O) groups excluding carboxylic acids is 2. The van der Waals surface area contributed by atoms with Crippen LogP contribution in [0.3, 0.4) is 0 Å². The van der Waals surface area contributed by atoms with E-state index in [0.29, 0.717) is 38.7 Å². The highest BCUT2D eigenvalue weighted by atomic mass is 35.5. The predicted octanol–water partition coefficient (Wildman–Crippen LogP) is 6.81. The van der Waals surface area contributed by atoms with Crippen LogP contribution in [0.2, 0.25) is 10.0 Å². The quantitative estimate of drug-likeness (QED) is 0.419. The van der Waals surface area contributed by atoms with Crippen molar-refractivity contribution >= 4 is 46.1 Å². The highest BCUT2D eigenvalue weighted by molar-refractivity contribution is 6.36. The van der Waals surface area contributed by atoms with Gasteiger partial charge in [-0.2, -0.15) is 0 Å². The average molecular weight is 463 g/mol. The summed E-state index contributed by atoms with van der Waals surface area (Å²) >= 11 is 13.1. The molecule has 0 saturated carbocycles. The molecule has 3 aromatic rings. The molecule has 1 atom stereocenters. The molecule has 5 rings (SSSR count). The molecular weight excluding hydrogens is 443 g/mol. The van der Waals surface area contributed by atoms with Crippen LogP contribution in [0.5, 0.6) is 0 Å². The normalized spacial score (nSPS) is 17.6. The largest absolute Gasteiger partial charge is 0.372 e. The molecule has 3 aromatic carbocycles. The summed E-state index contributed by atoms with van der Waals surface area (Å²) in [7, 11) is 0. The Hall–Kier alpha value is -3.08. The van der Waals surface area contributed by atoms with Gasteiger partial charge in [0, 0.05) is 44.4 Å². The first-order chi connectivity index (χ1) is 15.5. The summed E-state index contributed by atoms with van der Waals surface area (Å²) in [5, 5.41) is 7.91. The van der Waals surface area contributed by atoms with Gasteiger partial charge >= 0.3 is 0 Å². The number of allylic oxidation sites excluding steroid dienone is 1. The summed E-state index contributed by atoms with van der Waals surface area (Å²) in [6.07, 6.45) is 1.98. The number of nitrogens with one attached hydrogen (secondary N) is 2. The summed E-state index contributed by atoms with van der Waals surface area (Å²) < 4.78 is 0. The molecule has 0 aromatic heterocycles. The van der Waals surface area contributed by atoms with Crippen LogP contribution < -0.4 is 10.6 Å². The number of ketones is 2. The van der Waals surface area contributed by atoms with Gasteiger partial charge in [0.1, 0.15) is 0 Å². The van der Waals surface area contributed by atoms with Crippen molar-refractivity contribution in [3.8, 4) is 0 Å². The van der Waals surface area contributed by atoms with Crippen molar-refractivity contribution in [2.45, 2.75) is 25.3 Å². The average Bonchev–Trinajstić information content (AvgIpc) is 2.96. The number of rotatable bonds is 3. The Balaban J connectivity index is 1.62. The minimum atomic E-state index is -0.483. The summed E-state index contributed by atoms with van der Waals surface area (Å²) in [5.41, 5.74) is 4.90. The molecule has 32 heavy (non-hydrogen) atoms. The smallest absolute Gasteiger partial charge is 0.193 e. The van der Waals surface area contributed by atoms with Crippen LogP contribution >= 0.6 is 23.2 Å². The van der Waals surface area contributed by atoms with Crippen molar-refractivity contribution in [2.24, 2.45) is 0 Å². The van der Waals surface area contributed by atoms with Crippen LogP contribution in [0, 0.1) is 0 Å². The Morgan fingerprint density at radius 2 is 1.59 bits per heavy atom. The van der Waals surface area contributed by atoms with Crippen molar-refractivity contribution in [1.82, 2.24) is 0 Å². The predicted molar refractivity (Wildman–Crippen MR) is 129 cm³/mol. The van der Waals surface area contributed by atoms with Gasteiger partial charge in [0.2, 0.25) is 0 Å². The fraction of sp³-hybridized carbons (Fsp3) is 0.154. The number of anilines is 2. The third-order valence-electron chi connectivity index (χ3n) is 5.94. The van der Waals surface area contributed by atoms with Crippen molar-refractivity contribution < 1.29 is 9.59 Å². The third-order valence-corrected chi connectivity index (χ3v) is 6.60. The summed E-state index contributed by atoms with van der Waals surface area (Å²) in [5.74, 6) is 0.0136. The van der Waals surface area contributed by atoms with Gasteiger partial charge < -0.3 is 10.6 Å². The lowest BCUT2D eigenvalue weighted by molar-refractivity contribution is -0.116. The number of Topliss-reactive ketones (excluding diaryl/α,β-unsaturated/α-hetero) is 1. The fourth-order valence-corrected chi connectivity index (χ4v) is 5.01. The van der Waals surface area contributed by atoms with E-state index in [9.17, 15) is 9.59 Å². The molecule has 1 aliphatic carbocycles. The molecule has 4 nitrogen and oxygen atoms in total. The maximum Gasteiger partial charge on any atom is 0.193 e. The van der Waals surface area contributed by atoms with Crippen LogP contribution in [-0.2, 0) is 4.79 Å². The lowest BCUT2D eigenvalue weighted by Gasteiger charge is -2.26. The van der Waals surface area contributed by atoms with E-state index >= 15 is 0 Å². The van der Waals surface area contributed by atoms with Gasteiger partial charge in [0.25, 0.3) is 0 Å². The van der Waals surface area contributed by atoms with Crippen LogP contribution in [-0.4, -0.2) is 11.6 Å². The topological polar surface area (TPSA) is 58.2 Å². The first-order valence-electron chi connectivity index (χ1n) is 10.5. The van der Waals surface area contributed by atoms with Gasteiger partial charge in [0.05, 0.1) is 17.4 Å². The summed E-state index contributed by atoms with van der Waals surface area (Å²) in [6.45, 7) is 0. The number of fused-ring (bicyclic) bond motifs is 1. The standard InChI is InChI=1S/C26H20Cl2N2O2/c27-17-8-4-9-18(28)23(17)25-24-20(10-5-11-22(24)31)29-21-14-16(12-13-19(21)30-25)26(32)15-6-2-1-3-7-15/h1-4,6-9,12-14,25,29-30H,5,10-11H2. The van der Waals surface area contributed by atoms with E-state index in [2.05, 4.69) is 10.6 Å². The Bertz CT molecular complexity index is 1250. The number of carbonyl (C=O) groups is 2. The second-order valence-corrected chi connectivity index (χ2v) is 8.78. The third kappa shape index (κ3) is 3.70. The van der Waals surface area contributed by atoms with Gasteiger partial charge in [-0.25, -0.2) is 0 Å². The molecule has 0 bridgehead atoms. The second kappa shape index (κ2) is 8.45. The van der Waals surface area contributed by atoms with Crippen LogP contribution in [0.4, 0.5) is 11.4 Å². The van der Waals surface area contributed by atoms with Gasteiger partial charge in [-0.3, -0.25) is 9.59 Å². The van der Waals surface area contributed by atoms with Crippen molar-refractivity contribution in [3.63, 3.8) is 0 Å². The van der Waals surface area contributed by atoms with Crippen molar-refractivity contribution in [3.05, 3.63) is 105 Å². The number of halogens is 2. The summed E-state index contributed by atoms with van der Waals surface area (Å²) in [4.78, 5) is 26.0. The van der Waals surface area contributed by atoms with Crippen LogP contribution in [0.1, 0.15) is 46.8 Å². The van der Waals surface area contributed by atoms with Gasteiger partial charge in [-0.1, -0.05) is 59.6 Å². The molecule has 6 heteroatoms. The van der Waals surface area contributed by atoms with E-state index in [-0.39, 0.29) is 11.6 Å². The highest BCUT2D eigenvalue weighted by Crippen LogP contribution is 2.44. The first-order valence-corrected chi connectivity index (χ1v) is 11.3. The molecule has 0 saturated heterocycles. The Kier molecular flexibility index (Phi) is 5.50. The zero-order chi connectivity index (χ0) is 22.2. The molecular formula is C26H20Cl2N2O2. The molecule has 0 fully saturated rings. The maximum absolute atomic E-state index is 13.0. The van der Waals surface area contributed by atoms with E-state index in [4.69, 9.17) is 23.2 Å². The monoisotopic (exact) mass is 462 g/mol. The van der Waals surface area contributed by atoms with Crippen molar-refractivity contribution in [2.75, 3.05) is 10.6 Å².